The van der Waals surface area contributed by atoms with Crippen LogP contribution in [0.4, 0.5) is 5.82 Å². The van der Waals surface area contributed by atoms with Crippen molar-refractivity contribution in [3.63, 3.8) is 0 Å². The lowest BCUT2D eigenvalue weighted by Crippen LogP contribution is -2.23. The Morgan fingerprint density at radius 1 is 1.33 bits per heavy atom. The minimum Gasteiger partial charge on any atom is -0.310 e. The van der Waals surface area contributed by atoms with Crippen LogP contribution in [-0.2, 0) is 10.5 Å². The molecule has 0 bridgehead atoms. The zero-order chi connectivity index (χ0) is 15.2. The predicted octanol–water partition coefficient (Wildman–Crippen LogP) is 4.41. The van der Waals surface area contributed by atoms with Gasteiger partial charge in [0.1, 0.15) is 5.82 Å². The number of rotatable bonds is 5. The fourth-order valence-corrected chi connectivity index (χ4v) is 2.82. The second-order valence-corrected chi connectivity index (χ2v) is 6.98. The van der Waals surface area contributed by atoms with Gasteiger partial charge >= 0.3 is 0 Å². The lowest BCUT2D eigenvalue weighted by atomic mass is 10.2. The van der Waals surface area contributed by atoms with E-state index in [1.54, 1.807) is 18.0 Å². The first-order valence-corrected chi connectivity index (χ1v) is 8.49. The Balaban J connectivity index is 1.88. The number of anilines is 1. The third-order valence-corrected chi connectivity index (χ3v) is 4.78. The molecule has 0 saturated heterocycles. The second kappa shape index (κ2) is 7.61. The van der Waals surface area contributed by atoms with E-state index in [1.165, 1.54) is 5.56 Å². The average molecular weight is 365 g/mol. The Kier molecular flexibility index (Phi) is 5.82. The van der Waals surface area contributed by atoms with Crippen LogP contribution in [0.5, 0.6) is 0 Å². The molecule has 0 aliphatic heterocycles. The fraction of sp³-hybridized carbons (Fsp3) is 0.250. The number of amides is 1. The van der Waals surface area contributed by atoms with Gasteiger partial charge in [-0.2, -0.15) is 0 Å². The van der Waals surface area contributed by atoms with E-state index in [1.807, 2.05) is 38.1 Å². The number of hydrogen-bond donors (Lipinski definition) is 1. The Hall–Kier alpha value is -1.33. The summed E-state index contributed by atoms with van der Waals surface area (Å²) < 4.78 is 1.06. The highest BCUT2D eigenvalue weighted by molar-refractivity contribution is 9.10. The third kappa shape index (κ3) is 4.86. The Bertz CT molecular complexity index is 616. The van der Waals surface area contributed by atoms with Crippen LogP contribution >= 0.6 is 27.7 Å². The molecule has 1 unspecified atom stereocenters. The van der Waals surface area contributed by atoms with Crippen LogP contribution in [0.15, 0.2) is 47.1 Å². The lowest BCUT2D eigenvalue weighted by Gasteiger charge is -2.12. The van der Waals surface area contributed by atoms with Gasteiger partial charge in [0, 0.05) is 16.4 Å². The smallest absolute Gasteiger partial charge is 0.238 e. The van der Waals surface area contributed by atoms with Crippen molar-refractivity contribution in [2.45, 2.75) is 24.9 Å². The van der Waals surface area contributed by atoms with E-state index in [-0.39, 0.29) is 11.2 Å². The second-order valence-electron chi connectivity index (χ2n) is 4.74. The van der Waals surface area contributed by atoms with Crippen LogP contribution in [0.2, 0.25) is 0 Å². The average Bonchev–Trinajstić information content (AvgIpc) is 2.48. The fourth-order valence-electron chi connectivity index (χ4n) is 1.71. The molecule has 1 aromatic carbocycles. The summed E-state index contributed by atoms with van der Waals surface area (Å²) in [7, 11) is 0. The number of nitrogens with one attached hydrogen (secondary N) is 1. The molecule has 0 radical (unpaired) electrons. The van der Waals surface area contributed by atoms with Crippen molar-refractivity contribution in [3.8, 4) is 0 Å². The summed E-state index contributed by atoms with van der Waals surface area (Å²) in [6.45, 7) is 3.85. The summed E-state index contributed by atoms with van der Waals surface area (Å²) in [5.41, 5.74) is 2.17. The molecule has 0 saturated carbocycles. The van der Waals surface area contributed by atoms with E-state index in [9.17, 15) is 4.79 Å². The van der Waals surface area contributed by atoms with Crippen molar-refractivity contribution < 1.29 is 4.79 Å². The van der Waals surface area contributed by atoms with Crippen LogP contribution in [0.3, 0.4) is 0 Å². The summed E-state index contributed by atoms with van der Waals surface area (Å²) in [4.78, 5) is 16.3. The van der Waals surface area contributed by atoms with E-state index >= 15 is 0 Å². The van der Waals surface area contributed by atoms with Gasteiger partial charge in [0.25, 0.3) is 0 Å². The van der Waals surface area contributed by atoms with Crippen molar-refractivity contribution in [1.29, 1.82) is 0 Å². The molecule has 21 heavy (non-hydrogen) atoms. The Morgan fingerprint density at radius 3 is 2.71 bits per heavy atom. The lowest BCUT2D eigenvalue weighted by molar-refractivity contribution is -0.115. The van der Waals surface area contributed by atoms with Crippen molar-refractivity contribution in [1.82, 2.24) is 4.98 Å². The molecule has 1 heterocycles. The standard InChI is InChI=1S/C16H17BrN2OS/c1-11-4-3-9-18-15(11)19-16(20)12(2)21-10-13-5-7-14(17)8-6-13/h3-9,12H,10H2,1-2H3,(H,18,19,20). The number of pyridine rings is 1. The molecule has 0 fully saturated rings. The third-order valence-electron chi connectivity index (χ3n) is 3.03. The topological polar surface area (TPSA) is 42.0 Å². The largest absolute Gasteiger partial charge is 0.310 e. The number of benzene rings is 1. The molecule has 1 atom stereocenters. The van der Waals surface area contributed by atoms with Crippen LogP contribution in [0.25, 0.3) is 0 Å². The molecule has 0 aliphatic carbocycles. The summed E-state index contributed by atoms with van der Waals surface area (Å²) in [6.07, 6.45) is 1.68. The molecule has 1 N–H and O–H groups in total. The minimum atomic E-state index is -0.130. The molecule has 1 aromatic heterocycles. The van der Waals surface area contributed by atoms with E-state index < -0.39 is 0 Å². The molecule has 1 amide bonds. The maximum atomic E-state index is 12.2. The van der Waals surface area contributed by atoms with E-state index in [0.717, 1.165) is 15.8 Å². The quantitative estimate of drug-likeness (QED) is 0.853. The van der Waals surface area contributed by atoms with Gasteiger partial charge in [-0.1, -0.05) is 34.1 Å². The zero-order valence-corrected chi connectivity index (χ0v) is 14.4. The molecule has 2 aromatic rings. The van der Waals surface area contributed by atoms with Gasteiger partial charge in [0.15, 0.2) is 0 Å². The predicted molar refractivity (Wildman–Crippen MR) is 92.5 cm³/mol. The van der Waals surface area contributed by atoms with Crippen LogP contribution in [0.1, 0.15) is 18.1 Å². The summed E-state index contributed by atoms with van der Waals surface area (Å²) in [5.74, 6) is 1.43. The number of aryl methyl sites for hydroxylation is 1. The van der Waals surface area contributed by atoms with Crippen molar-refractivity contribution in [2.75, 3.05) is 5.32 Å². The van der Waals surface area contributed by atoms with Crippen molar-refractivity contribution >= 4 is 39.4 Å². The molecule has 5 heteroatoms. The van der Waals surface area contributed by atoms with E-state index in [0.29, 0.717) is 5.82 Å². The van der Waals surface area contributed by atoms with Gasteiger partial charge in [-0.3, -0.25) is 4.79 Å². The first-order valence-electron chi connectivity index (χ1n) is 6.65. The molecule has 0 aliphatic rings. The van der Waals surface area contributed by atoms with Crippen LogP contribution in [-0.4, -0.2) is 16.1 Å². The maximum absolute atomic E-state index is 12.2. The summed E-state index contributed by atoms with van der Waals surface area (Å²) >= 11 is 5.03. The molecule has 2 rings (SSSR count). The highest BCUT2D eigenvalue weighted by Crippen LogP contribution is 2.21. The number of nitrogens with zero attached hydrogens (tertiary/aromatic N) is 1. The minimum absolute atomic E-state index is 0.0149. The summed E-state index contributed by atoms with van der Waals surface area (Å²) in [6, 6.07) is 11.9. The Morgan fingerprint density at radius 2 is 2.05 bits per heavy atom. The van der Waals surface area contributed by atoms with Gasteiger partial charge < -0.3 is 5.32 Å². The summed E-state index contributed by atoms with van der Waals surface area (Å²) in [5, 5.41) is 2.75. The van der Waals surface area contributed by atoms with Gasteiger partial charge in [-0.05, 0) is 43.2 Å². The normalized spacial score (nSPS) is 12.0. The number of halogens is 1. The highest BCUT2D eigenvalue weighted by atomic mass is 79.9. The van der Waals surface area contributed by atoms with Crippen molar-refractivity contribution in [3.05, 3.63) is 58.2 Å². The van der Waals surface area contributed by atoms with E-state index in [2.05, 4.69) is 38.4 Å². The van der Waals surface area contributed by atoms with Gasteiger partial charge in [-0.25, -0.2) is 4.98 Å². The van der Waals surface area contributed by atoms with Crippen LogP contribution < -0.4 is 5.32 Å². The van der Waals surface area contributed by atoms with Gasteiger partial charge in [-0.15, -0.1) is 11.8 Å². The number of carbonyl (C=O) groups is 1. The van der Waals surface area contributed by atoms with Gasteiger partial charge in [0.2, 0.25) is 5.91 Å². The SMILES string of the molecule is Cc1cccnc1NC(=O)C(C)SCc1ccc(Br)cc1. The molecular formula is C16H17BrN2OS. The van der Waals surface area contributed by atoms with Crippen molar-refractivity contribution in [2.24, 2.45) is 0 Å². The van der Waals surface area contributed by atoms with E-state index in [4.69, 9.17) is 0 Å². The molecular weight excluding hydrogens is 348 g/mol. The zero-order valence-electron chi connectivity index (χ0n) is 12.0. The molecule has 0 spiro atoms. The number of aromatic nitrogens is 1. The molecule has 3 nitrogen and oxygen atoms in total. The van der Waals surface area contributed by atoms with Crippen LogP contribution in [0, 0.1) is 6.92 Å². The number of thioether (sulfide) groups is 1. The highest BCUT2D eigenvalue weighted by Gasteiger charge is 2.14. The number of carbonyl (C=O) groups excluding carboxylic acids is 1. The molecule has 110 valence electrons. The first kappa shape index (κ1) is 16.0. The Labute approximate surface area is 137 Å². The maximum Gasteiger partial charge on any atom is 0.238 e. The first-order chi connectivity index (χ1) is 10.1. The monoisotopic (exact) mass is 364 g/mol. The number of hydrogen-bond acceptors (Lipinski definition) is 3. The van der Waals surface area contributed by atoms with Gasteiger partial charge in [0.05, 0.1) is 5.25 Å².